The molecule has 2 N–H and O–H groups in total. The van der Waals surface area contributed by atoms with Gasteiger partial charge in [0.1, 0.15) is 24.5 Å². The average Bonchev–Trinajstić information content (AvgIpc) is 3.11. The van der Waals surface area contributed by atoms with E-state index in [4.69, 9.17) is 9.15 Å². The van der Waals surface area contributed by atoms with Crippen LogP contribution in [0.15, 0.2) is 23.0 Å². The number of carbonyl (C=O) groups is 3. The number of ketones is 1. The summed E-state index contributed by atoms with van der Waals surface area (Å²) < 4.78 is 10.2. The van der Waals surface area contributed by atoms with E-state index in [2.05, 4.69) is 10.6 Å². The molecule has 2 rings (SSSR count). The number of Topliss-reactive ketones (excluding diaryl/α,β-unsaturated/α-hetero) is 1. The number of carbonyl (C=O) groups excluding carboxylic acids is 3. The van der Waals surface area contributed by atoms with Crippen molar-refractivity contribution in [2.75, 3.05) is 6.61 Å². The highest BCUT2D eigenvalue weighted by Gasteiger charge is 2.47. The van der Waals surface area contributed by atoms with Gasteiger partial charge in [-0.25, -0.2) is 0 Å². The summed E-state index contributed by atoms with van der Waals surface area (Å²) in [6, 6.07) is 0.749. The predicted molar refractivity (Wildman–Crippen MR) is 101 cm³/mol. The van der Waals surface area contributed by atoms with E-state index in [9.17, 15) is 14.4 Å². The van der Waals surface area contributed by atoms with E-state index in [1.165, 1.54) is 18.6 Å². The molecule has 1 aromatic heterocycles. The summed E-state index contributed by atoms with van der Waals surface area (Å²) in [5, 5.41) is 5.51. The van der Waals surface area contributed by atoms with E-state index in [1.54, 1.807) is 13.8 Å². The molecule has 0 spiro atoms. The Morgan fingerprint density at radius 3 is 2.50 bits per heavy atom. The van der Waals surface area contributed by atoms with E-state index in [0.717, 1.165) is 0 Å². The van der Waals surface area contributed by atoms with Crippen molar-refractivity contribution in [2.24, 2.45) is 5.41 Å². The van der Waals surface area contributed by atoms with Crippen LogP contribution in [0.2, 0.25) is 0 Å². The third-order valence-electron chi connectivity index (χ3n) is 4.46. The van der Waals surface area contributed by atoms with E-state index in [0.29, 0.717) is 12.0 Å². The number of amides is 2. The molecule has 0 bridgehead atoms. The topological polar surface area (TPSA) is 97.6 Å². The molecule has 146 valence electrons. The minimum absolute atomic E-state index is 0. The van der Waals surface area contributed by atoms with Crippen LogP contribution in [0.25, 0.3) is 0 Å². The highest BCUT2D eigenvalue weighted by molar-refractivity contribution is 7.59. The van der Waals surface area contributed by atoms with Crippen molar-refractivity contribution in [1.82, 2.24) is 10.6 Å². The van der Waals surface area contributed by atoms with Gasteiger partial charge in [0.15, 0.2) is 5.78 Å². The van der Waals surface area contributed by atoms with Crippen molar-refractivity contribution in [3.05, 3.63) is 24.2 Å². The molecule has 0 unspecified atom stereocenters. The number of hydrogen-bond donors (Lipinski definition) is 2. The molecule has 1 aliphatic rings. The number of ether oxygens (including phenoxy) is 1. The number of nitrogens with one attached hydrogen (secondary N) is 2. The summed E-state index contributed by atoms with van der Waals surface area (Å²) in [7, 11) is 0. The van der Waals surface area contributed by atoms with E-state index < -0.39 is 29.5 Å². The largest absolute Gasteiger partial charge is 0.472 e. The standard InChI is InChI=1S/C18H26N2O5.H2S/c1-11-18(5,14(21)10-25-11)20-16(23)13(8-17(2,3)4)19-15(22)12-6-7-24-9-12;/h6-7,9,11,13H,8,10H2,1-5H3,(H,19,22)(H,20,23);1H2/t11-,13+,18-;/m1./s1. The third-order valence-corrected chi connectivity index (χ3v) is 4.46. The van der Waals surface area contributed by atoms with Crippen LogP contribution in [-0.4, -0.2) is 41.9 Å². The summed E-state index contributed by atoms with van der Waals surface area (Å²) in [5.41, 5.74) is -0.950. The number of rotatable bonds is 5. The molecule has 7 nitrogen and oxygen atoms in total. The summed E-state index contributed by atoms with van der Waals surface area (Å²) in [6.45, 7) is 9.30. The third kappa shape index (κ3) is 5.11. The molecule has 1 fully saturated rings. The lowest BCUT2D eigenvalue weighted by molar-refractivity contribution is -0.131. The Balaban J connectivity index is 0.00000338. The van der Waals surface area contributed by atoms with Gasteiger partial charge in [0.2, 0.25) is 5.91 Å². The maximum atomic E-state index is 12.8. The molecule has 0 saturated carbocycles. The maximum Gasteiger partial charge on any atom is 0.255 e. The molecule has 2 heterocycles. The van der Waals surface area contributed by atoms with Gasteiger partial charge >= 0.3 is 0 Å². The van der Waals surface area contributed by atoms with Gasteiger partial charge in [0.25, 0.3) is 5.91 Å². The SMILES string of the molecule is C[C@H]1OCC(=O)[C@]1(C)NC(=O)[C@H](CC(C)(C)C)NC(=O)c1ccoc1.S. The summed E-state index contributed by atoms with van der Waals surface area (Å²) in [4.78, 5) is 37.3. The minimum atomic E-state index is -1.09. The number of hydrogen-bond acceptors (Lipinski definition) is 5. The van der Waals surface area contributed by atoms with Crippen LogP contribution in [0.3, 0.4) is 0 Å². The molecule has 2 amide bonds. The van der Waals surface area contributed by atoms with Gasteiger partial charge in [-0.3, -0.25) is 14.4 Å². The first-order valence-corrected chi connectivity index (χ1v) is 8.33. The zero-order valence-electron chi connectivity index (χ0n) is 15.8. The van der Waals surface area contributed by atoms with Gasteiger partial charge in [-0.2, -0.15) is 13.5 Å². The van der Waals surface area contributed by atoms with Crippen molar-refractivity contribution in [3.8, 4) is 0 Å². The van der Waals surface area contributed by atoms with Gasteiger partial charge in [-0.05, 0) is 31.7 Å². The Bertz CT molecular complexity index is 653. The molecule has 1 saturated heterocycles. The van der Waals surface area contributed by atoms with Crippen molar-refractivity contribution in [1.29, 1.82) is 0 Å². The van der Waals surface area contributed by atoms with Crippen LogP contribution in [0.4, 0.5) is 0 Å². The highest BCUT2D eigenvalue weighted by Crippen LogP contribution is 2.25. The molecular weight excluding hydrogens is 356 g/mol. The Labute approximate surface area is 160 Å². The van der Waals surface area contributed by atoms with Crippen LogP contribution >= 0.6 is 13.5 Å². The van der Waals surface area contributed by atoms with Crippen LogP contribution in [0.5, 0.6) is 0 Å². The normalized spacial score (nSPS) is 23.9. The zero-order valence-corrected chi connectivity index (χ0v) is 16.8. The molecule has 26 heavy (non-hydrogen) atoms. The Morgan fingerprint density at radius 1 is 1.38 bits per heavy atom. The van der Waals surface area contributed by atoms with Crippen molar-refractivity contribution < 1.29 is 23.5 Å². The summed E-state index contributed by atoms with van der Waals surface area (Å²) in [6.07, 6.45) is 2.70. The molecule has 1 aliphatic heterocycles. The molecule has 0 radical (unpaired) electrons. The summed E-state index contributed by atoms with van der Waals surface area (Å²) >= 11 is 0. The predicted octanol–water partition coefficient (Wildman–Crippen LogP) is 1.79. The Morgan fingerprint density at radius 2 is 2.04 bits per heavy atom. The van der Waals surface area contributed by atoms with Crippen LogP contribution in [0.1, 0.15) is 51.4 Å². The van der Waals surface area contributed by atoms with Crippen LogP contribution < -0.4 is 10.6 Å². The molecule has 3 atom stereocenters. The first-order chi connectivity index (χ1) is 11.5. The fraction of sp³-hybridized carbons (Fsp3) is 0.611. The lowest BCUT2D eigenvalue weighted by Gasteiger charge is -2.32. The maximum absolute atomic E-state index is 12.8. The Hall–Kier alpha value is -1.80. The second-order valence-corrected chi connectivity index (χ2v) is 7.87. The zero-order chi connectivity index (χ0) is 18.8. The van der Waals surface area contributed by atoms with Gasteiger partial charge in [0.05, 0.1) is 17.9 Å². The monoisotopic (exact) mass is 384 g/mol. The smallest absolute Gasteiger partial charge is 0.255 e. The molecular formula is C18H28N2O5S. The van der Waals surface area contributed by atoms with Crippen molar-refractivity contribution >= 4 is 31.1 Å². The van der Waals surface area contributed by atoms with Gasteiger partial charge in [0, 0.05) is 0 Å². The first kappa shape index (κ1) is 22.2. The fourth-order valence-corrected chi connectivity index (χ4v) is 2.72. The second-order valence-electron chi connectivity index (χ2n) is 7.87. The second kappa shape index (κ2) is 8.26. The molecule has 1 aromatic rings. The fourth-order valence-electron chi connectivity index (χ4n) is 2.72. The lowest BCUT2D eigenvalue weighted by Crippen LogP contribution is -2.60. The van der Waals surface area contributed by atoms with Gasteiger partial charge < -0.3 is 19.8 Å². The summed E-state index contributed by atoms with van der Waals surface area (Å²) in [5.74, 6) is -0.977. The van der Waals surface area contributed by atoms with Crippen molar-refractivity contribution in [3.63, 3.8) is 0 Å². The molecule has 8 heteroatoms. The average molecular weight is 384 g/mol. The van der Waals surface area contributed by atoms with Crippen molar-refractivity contribution in [2.45, 2.75) is 58.7 Å². The first-order valence-electron chi connectivity index (χ1n) is 8.33. The Kier molecular flexibility index (Phi) is 7.07. The molecule has 0 aromatic carbocycles. The van der Waals surface area contributed by atoms with Crippen LogP contribution in [-0.2, 0) is 14.3 Å². The minimum Gasteiger partial charge on any atom is -0.472 e. The van der Waals surface area contributed by atoms with E-state index in [-0.39, 0.29) is 31.3 Å². The lowest BCUT2D eigenvalue weighted by atomic mass is 9.86. The van der Waals surface area contributed by atoms with E-state index >= 15 is 0 Å². The van der Waals surface area contributed by atoms with Gasteiger partial charge in [-0.15, -0.1) is 0 Å². The van der Waals surface area contributed by atoms with Crippen LogP contribution in [0, 0.1) is 5.41 Å². The van der Waals surface area contributed by atoms with Gasteiger partial charge in [-0.1, -0.05) is 20.8 Å². The number of furan rings is 1. The highest BCUT2D eigenvalue weighted by atomic mass is 32.1. The molecule has 0 aliphatic carbocycles. The quantitative estimate of drug-likeness (QED) is 0.807. The van der Waals surface area contributed by atoms with E-state index in [1.807, 2.05) is 20.8 Å².